The van der Waals surface area contributed by atoms with E-state index in [0.717, 1.165) is 29.9 Å². The maximum atomic E-state index is 13.3. The van der Waals surface area contributed by atoms with Crippen molar-refractivity contribution in [1.29, 1.82) is 0 Å². The van der Waals surface area contributed by atoms with Crippen molar-refractivity contribution in [2.24, 2.45) is 0 Å². The summed E-state index contributed by atoms with van der Waals surface area (Å²) in [5.74, 6) is -0.240. The quantitative estimate of drug-likeness (QED) is 0.454. The lowest BCUT2D eigenvalue weighted by Gasteiger charge is -2.11. The molecule has 31 heavy (non-hydrogen) atoms. The number of hydrogen-bond acceptors (Lipinski definition) is 5. The molecule has 1 saturated carbocycles. The molecule has 1 saturated heterocycles. The van der Waals surface area contributed by atoms with Crippen LogP contribution in [0.5, 0.6) is 0 Å². The number of halogens is 2. The SMILES string of the molecule is O=C1C/C(=C\c2cnn3c(NC4CC4)cc(CCc4ccc(F)cc4Cl)nc23)C(=O)N1. The monoisotopic (exact) mass is 439 g/mol. The first kappa shape index (κ1) is 19.7. The number of anilines is 1. The van der Waals surface area contributed by atoms with Gasteiger partial charge in [-0.25, -0.2) is 9.37 Å². The second-order valence-corrected chi connectivity index (χ2v) is 8.25. The van der Waals surface area contributed by atoms with Crippen molar-refractivity contribution < 1.29 is 14.0 Å². The Morgan fingerprint density at radius 2 is 2.10 bits per heavy atom. The van der Waals surface area contributed by atoms with Crippen molar-refractivity contribution in [3.8, 4) is 0 Å². The summed E-state index contributed by atoms with van der Waals surface area (Å²) >= 11 is 6.17. The zero-order chi connectivity index (χ0) is 21.5. The van der Waals surface area contributed by atoms with Gasteiger partial charge in [0.25, 0.3) is 5.91 Å². The lowest BCUT2D eigenvalue weighted by Crippen LogP contribution is -2.19. The second-order valence-electron chi connectivity index (χ2n) is 7.85. The molecule has 0 bridgehead atoms. The Morgan fingerprint density at radius 1 is 1.26 bits per heavy atom. The maximum Gasteiger partial charge on any atom is 0.254 e. The molecular weight excluding hydrogens is 421 g/mol. The van der Waals surface area contributed by atoms with Gasteiger partial charge in [0.1, 0.15) is 11.6 Å². The van der Waals surface area contributed by atoms with E-state index in [0.29, 0.717) is 40.7 Å². The molecule has 1 aliphatic carbocycles. The highest BCUT2D eigenvalue weighted by atomic mass is 35.5. The van der Waals surface area contributed by atoms with Gasteiger partial charge in [-0.2, -0.15) is 9.61 Å². The third-order valence-corrected chi connectivity index (χ3v) is 5.72. The van der Waals surface area contributed by atoms with E-state index in [1.54, 1.807) is 22.9 Å². The topological polar surface area (TPSA) is 88.4 Å². The minimum Gasteiger partial charge on any atom is -0.367 e. The standard InChI is InChI=1S/C22H19ClFN5O2/c23-18-9-15(24)3-1-12(18)2-4-17-10-19(26-16-5-6-16)29-21(27-17)14(11-25-29)7-13-8-20(30)28-22(13)31/h1,3,7,9-11,16,26H,2,4-6,8H2,(H,28,30,31)/b13-7+. The third kappa shape index (κ3) is 4.16. The predicted octanol–water partition coefficient (Wildman–Crippen LogP) is 3.31. The number of benzene rings is 1. The van der Waals surface area contributed by atoms with Crippen LogP contribution < -0.4 is 10.6 Å². The van der Waals surface area contributed by atoms with Crippen LogP contribution in [0.15, 0.2) is 36.0 Å². The maximum absolute atomic E-state index is 13.3. The molecule has 2 fully saturated rings. The number of imide groups is 1. The number of aromatic nitrogens is 3. The van der Waals surface area contributed by atoms with E-state index in [4.69, 9.17) is 16.6 Å². The zero-order valence-corrected chi connectivity index (χ0v) is 17.2. The van der Waals surface area contributed by atoms with Gasteiger partial charge in [0.2, 0.25) is 5.91 Å². The Bertz CT molecular complexity index is 1250. The fourth-order valence-corrected chi connectivity index (χ4v) is 3.86. The largest absolute Gasteiger partial charge is 0.367 e. The van der Waals surface area contributed by atoms with Gasteiger partial charge in [-0.1, -0.05) is 17.7 Å². The average molecular weight is 440 g/mol. The number of nitrogens with one attached hydrogen (secondary N) is 2. The molecule has 9 heteroatoms. The smallest absolute Gasteiger partial charge is 0.254 e. The van der Waals surface area contributed by atoms with E-state index < -0.39 is 0 Å². The molecule has 5 rings (SSSR count). The molecule has 158 valence electrons. The average Bonchev–Trinajstić information content (AvgIpc) is 3.36. The Labute approximate surface area is 182 Å². The number of aryl methyl sites for hydroxylation is 2. The third-order valence-electron chi connectivity index (χ3n) is 5.37. The lowest BCUT2D eigenvalue weighted by molar-refractivity contribution is -0.124. The number of carbonyl (C=O) groups is 2. The summed E-state index contributed by atoms with van der Waals surface area (Å²) in [5, 5.41) is 10.6. The Kier molecular flexibility index (Phi) is 4.94. The van der Waals surface area contributed by atoms with Crippen molar-refractivity contribution in [3.05, 3.63) is 63.7 Å². The minimum atomic E-state index is -0.386. The molecule has 2 N–H and O–H groups in total. The molecule has 7 nitrogen and oxygen atoms in total. The van der Waals surface area contributed by atoms with E-state index in [-0.39, 0.29) is 24.1 Å². The van der Waals surface area contributed by atoms with Crippen molar-refractivity contribution in [2.75, 3.05) is 5.32 Å². The lowest BCUT2D eigenvalue weighted by atomic mass is 10.1. The highest BCUT2D eigenvalue weighted by molar-refractivity contribution is 6.31. The molecule has 1 aromatic carbocycles. The van der Waals surface area contributed by atoms with Gasteiger partial charge in [-0.05, 0) is 49.5 Å². The number of fused-ring (bicyclic) bond motifs is 1. The van der Waals surface area contributed by atoms with E-state index in [9.17, 15) is 14.0 Å². The molecule has 0 spiro atoms. The van der Waals surface area contributed by atoms with Crippen LogP contribution in [-0.4, -0.2) is 32.5 Å². The van der Waals surface area contributed by atoms with E-state index in [1.165, 1.54) is 12.1 Å². The number of amides is 2. The normalized spacial score (nSPS) is 17.5. The fraction of sp³-hybridized carbons (Fsp3) is 0.273. The first-order valence-electron chi connectivity index (χ1n) is 10.1. The van der Waals surface area contributed by atoms with E-state index in [1.807, 2.05) is 6.07 Å². The summed E-state index contributed by atoms with van der Waals surface area (Å²) in [6.07, 6.45) is 6.76. The van der Waals surface area contributed by atoms with Crippen LogP contribution in [0.4, 0.5) is 10.2 Å². The van der Waals surface area contributed by atoms with Gasteiger partial charge in [-0.15, -0.1) is 0 Å². The van der Waals surface area contributed by atoms with Crippen LogP contribution in [0.2, 0.25) is 5.02 Å². The van der Waals surface area contributed by atoms with Gasteiger partial charge >= 0.3 is 0 Å². The van der Waals surface area contributed by atoms with Crippen LogP contribution in [0.25, 0.3) is 11.7 Å². The van der Waals surface area contributed by atoms with E-state index >= 15 is 0 Å². The van der Waals surface area contributed by atoms with Crippen LogP contribution in [0, 0.1) is 5.82 Å². The molecule has 0 atom stereocenters. The van der Waals surface area contributed by atoms with Gasteiger partial charge in [0, 0.05) is 34.0 Å². The van der Waals surface area contributed by atoms with Gasteiger partial charge < -0.3 is 5.32 Å². The van der Waals surface area contributed by atoms with Crippen LogP contribution in [-0.2, 0) is 22.4 Å². The summed E-state index contributed by atoms with van der Waals surface area (Å²) in [6, 6.07) is 6.76. The number of carbonyl (C=O) groups excluding carboxylic acids is 2. The molecule has 3 aromatic rings. The van der Waals surface area contributed by atoms with Gasteiger partial charge in [0.15, 0.2) is 5.65 Å². The summed E-state index contributed by atoms with van der Waals surface area (Å²) in [5.41, 5.74) is 3.33. The van der Waals surface area contributed by atoms with Crippen LogP contribution >= 0.6 is 11.6 Å². The summed E-state index contributed by atoms with van der Waals surface area (Å²) in [6.45, 7) is 0. The minimum absolute atomic E-state index is 0.0477. The molecule has 3 heterocycles. The Hall–Kier alpha value is -3.26. The zero-order valence-electron chi connectivity index (χ0n) is 16.5. The highest BCUT2D eigenvalue weighted by Crippen LogP contribution is 2.27. The van der Waals surface area contributed by atoms with Gasteiger partial charge in [-0.3, -0.25) is 14.9 Å². The van der Waals surface area contributed by atoms with Crippen molar-refractivity contribution >= 4 is 41.0 Å². The number of nitrogens with zero attached hydrogens (tertiary/aromatic N) is 3. The van der Waals surface area contributed by atoms with Crippen LogP contribution in [0.1, 0.15) is 36.1 Å². The number of rotatable bonds is 6. The molecular formula is C22H19ClFN5O2. The molecule has 2 aromatic heterocycles. The second kappa shape index (κ2) is 7.77. The van der Waals surface area contributed by atoms with Crippen molar-refractivity contribution in [1.82, 2.24) is 19.9 Å². The Morgan fingerprint density at radius 3 is 2.81 bits per heavy atom. The molecule has 2 amide bonds. The molecule has 0 radical (unpaired) electrons. The molecule has 0 unspecified atom stereocenters. The first-order chi connectivity index (χ1) is 15.0. The molecule has 1 aliphatic heterocycles. The van der Waals surface area contributed by atoms with Crippen LogP contribution in [0.3, 0.4) is 0 Å². The summed E-state index contributed by atoms with van der Waals surface area (Å²) in [4.78, 5) is 28.2. The van der Waals surface area contributed by atoms with E-state index in [2.05, 4.69) is 15.7 Å². The predicted molar refractivity (Wildman–Crippen MR) is 114 cm³/mol. The fourth-order valence-electron chi connectivity index (χ4n) is 3.60. The Balaban J connectivity index is 1.49. The summed E-state index contributed by atoms with van der Waals surface area (Å²) in [7, 11) is 0. The summed E-state index contributed by atoms with van der Waals surface area (Å²) < 4.78 is 15.0. The molecule has 2 aliphatic rings. The number of hydrogen-bond donors (Lipinski definition) is 2. The van der Waals surface area contributed by atoms with Crippen molar-refractivity contribution in [3.63, 3.8) is 0 Å². The van der Waals surface area contributed by atoms with Crippen molar-refractivity contribution in [2.45, 2.75) is 38.1 Å². The first-order valence-corrected chi connectivity index (χ1v) is 10.5. The highest BCUT2D eigenvalue weighted by Gasteiger charge is 2.25. The van der Waals surface area contributed by atoms with Gasteiger partial charge in [0.05, 0.1) is 12.6 Å².